The quantitative estimate of drug-likeness (QED) is 0.823. The first kappa shape index (κ1) is 15.3. The first-order chi connectivity index (χ1) is 8.40. The van der Waals surface area contributed by atoms with E-state index in [0.29, 0.717) is 17.9 Å². The molecule has 0 heterocycles. The summed E-state index contributed by atoms with van der Waals surface area (Å²) in [7, 11) is 1.77. The van der Waals surface area contributed by atoms with Crippen molar-refractivity contribution in [2.75, 3.05) is 7.05 Å². The highest BCUT2D eigenvalue weighted by Crippen LogP contribution is 2.23. The van der Waals surface area contributed by atoms with Crippen LogP contribution in [0.5, 0.6) is 0 Å². The van der Waals surface area contributed by atoms with Gasteiger partial charge >= 0.3 is 6.18 Å². The lowest BCUT2D eigenvalue weighted by atomic mass is 10.0. The Morgan fingerprint density at radius 1 is 1.33 bits per heavy atom. The predicted molar refractivity (Wildman–Crippen MR) is 67.9 cm³/mol. The molecule has 18 heavy (non-hydrogen) atoms. The van der Waals surface area contributed by atoms with Gasteiger partial charge in [0.1, 0.15) is 0 Å². The number of hydrogen-bond acceptors (Lipinski definition) is 1. The van der Waals surface area contributed by atoms with Gasteiger partial charge in [-0.2, -0.15) is 13.2 Å². The Kier molecular flexibility index (Phi) is 5.96. The summed E-state index contributed by atoms with van der Waals surface area (Å²) in [5.41, 5.74) is 1.04. The van der Waals surface area contributed by atoms with Gasteiger partial charge in [-0.15, -0.1) is 0 Å². The molecule has 0 amide bonds. The second kappa shape index (κ2) is 7.00. The number of alkyl halides is 3. The van der Waals surface area contributed by atoms with E-state index in [0.717, 1.165) is 5.56 Å². The Bertz CT molecular complexity index is 365. The van der Waals surface area contributed by atoms with Crippen LogP contribution in [0.25, 0.3) is 0 Å². The molecule has 0 radical (unpaired) electrons. The lowest BCUT2D eigenvalue weighted by Crippen LogP contribution is -2.28. The zero-order chi connectivity index (χ0) is 13.6. The summed E-state index contributed by atoms with van der Waals surface area (Å²) in [6, 6.07) is 7.45. The number of nitrogens with one attached hydrogen (secondary N) is 1. The van der Waals surface area contributed by atoms with Crippen LogP contribution in [0.3, 0.4) is 0 Å². The summed E-state index contributed by atoms with van der Waals surface area (Å²) in [5, 5.41) is 3.70. The van der Waals surface area contributed by atoms with Gasteiger partial charge in [0.2, 0.25) is 0 Å². The SMILES string of the molecule is CNC(CCCC(F)(F)F)Cc1cccc(Cl)c1. The first-order valence-corrected chi connectivity index (χ1v) is 6.27. The van der Waals surface area contributed by atoms with E-state index in [1.807, 2.05) is 18.2 Å². The lowest BCUT2D eigenvalue weighted by Gasteiger charge is -2.16. The Labute approximate surface area is 110 Å². The number of benzene rings is 1. The summed E-state index contributed by atoms with van der Waals surface area (Å²) >= 11 is 5.87. The summed E-state index contributed by atoms with van der Waals surface area (Å²) in [5.74, 6) is 0. The smallest absolute Gasteiger partial charge is 0.317 e. The second-order valence-corrected chi connectivity index (χ2v) is 4.76. The molecule has 1 rings (SSSR count). The summed E-state index contributed by atoms with van der Waals surface area (Å²) < 4.78 is 36.2. The predicted octanol–water partition coefficient (Wildman–Crippen LogP) is 4.20. The molecule has 5 heteroatoms. The number of likely N-dealkylation sites (N-methyl/N-ethyl adjacent to an activating group) is 1. The third-order valence-corrected chi connectivity index (χ3v) is 3.03. The van der Waals surface area contributed by atoms with E-state index in [-0.39, 0.29) is 12.5 Å². The topological polar surface area (TPSA) is 12.0 Å². The van der Waals surface area contributed by atoms with Crippen LogP contribution in [0.15, 0.2) is 24.3 Å². The van der Waals surface area contributed by atoms with Gasteiger partial charge in [-0.05, 0) is 44.0 Å². The normalized spacial score (nSPS) is 13.6. The van der Waals surface area contributed by atoms with Crippen molar-refractivity contribution in [3.05, 3.63) is 34.9 Å². The number of halogens is 4. The molecule has 0 saturated heterocycles. The monoisotopic (exact) mass is 279 g/mol. The summed E-state index contributed by atoms with van der Waals surface area (Å²) in [4.78, 5) is 0. The molecule has 1 aromatic rings. The van der Waals surface area contributed by atoms with Gasteiger partial charge in [0.15, 0.2) is 0 Å². The molecule has 1 atom stereocenters. The van der Waals surface area contributed by atoms with E-state index in [9.17, 15) is 13.2 Å². The molecule has 1 N–H and O–H groups in total. The van der Waals surface area contributed by atoms with Crippen LogP contribution < -0.4 is 5.32 Å². The largest absolute Gasteiger partial charge is 0.389 e. The van der Waals surface area contributed by atoms with E-state index in [1.54, 1.807) is 13.1 Å². The minimum absolute atomic E-state index is 0.0471. The molecule has 1 unspecified atom stereocenters. The van der Waals surface area contributed by atoms with Crippen LogP contribution in [0.2, 0.25) is 5.02 Å². The average Bonchev–Trinajstić information content (AvgIpc) is 2.26. The maximum atomic E-state index is 12.1. The van der Waals surface area contributed by atoms with Crippen molar-refractivity contribution in [3.8, 4) is 0 Å². The van der Waals surface area contributed by atoms with Crippen molar-refractivity contribution in [1.29, 1.82) is 0 Å². The molecule has 0 fully saturated rings. The van der Waals surface area contributed by atoms with E-state index in [2.05, 4.69) is 5.32 Å². The van der Waals surface area contributed by atoms with Crippen LogP contribution in [0.4, 0.5) is 13.2 Å². The first-order valence-electron chi connectivity index (χ1n) is 5.89. The Balaban J connectivity index is 2.42. The standard InChI is InChI=1S/C13H17ClF3N/c1-18-12(6-3-7-13(15,16)17)9-10-4-2-5-11(14)8-10/h2,4-5,8,12,18H,3,6-7,9H2,1H3. The minimum Gasteiger partial charge on any atom is -0.317 e. The molecule has 0 saturated carbocycles. The third kappa shape index (κ3) is 6.26. The molecule has 0 aliphatic heterocycles. The van der Waals surface area contributed by atoms with Gasteiger partial charge in [0, 0.05) is 17.5 Å². The number of rotatable bonds is 6. The van der Waals surface area contributed by atoms with Gasteiger partial charge in [0.05, 0.1) is 0 Å². The van der Waals surface area contributed by atoms with Crippen molar-refractivity contribution < 1.29 is 13.2 Å². The highest BCUT2D eigenvalue weighted by Gasteiger charge is 2.26. The Hall–Kier alpha value is -0.740. The molecule has 0 aromatic heterocycles. The average molecular weight is 280 g/mol. The third-order valence-electron chi connectivity index (χ3n) is 2.79. The molecular weight excluding hydrogens is 263 g/mol. The Morgan fingerprint density at radius 3 is 2.61 bits per heavy atom. The highest BCUT2D eigenvalue weighted by atomic mass is 35.5. The molecule has 1 nitrogen and oxygen atoms in total. The van der Waals surface area contributed by atoms with Gasteiger partial charge in [-0.25, -0.2) is 0 Å². The van der Waals surface area contributed by atoms with E-state index in [1.165, 1.54) is 0 Å². The fourth-order valence-electron chi connectivity index (χ4n) is 1.85. The molecule has 1 aromatic carbocycles. The number of hydrogen-bond donors (Lipinski definition) is 1. The second-order valence-electron chi connectivity index (χ2n) is 4.33. The highest BCUT2D eigenvalue weighted by molar-refractivity contribution is 6.30. The molecule has 0 aliphatic carbocycles. The van der Waals surface area contributed by atoms with E-state index < -0.39 is 12.6 Å². The van der Waals surface area contributed by atoms with Crippen molar-refractivity contribution in [2.45, 2.75) is 37.9 Å². The summed E-state index contributed by atoms with van der Waals surface area (Å²) in [6.07, 6.45) is -3.44. The maximum Gasteiger partial charge on any atom is 0.389 e. The van der Waals surface area contributed by atoms with Crippen LogP contribution in [-0.4, -0.2) is 19.3 Å². The van der Waals surface area contributed by atoms with Crippen LogP contribution in [0, 0.1) is 0 Å². The fraction of sp³-hybridized carbons (Fsp3) is 0.538. The molecule has 0 aliphatic rings. The van der Waals surface area contributed by atoms with Gasteiger partial charge in [0.25, 0.3) is 0 Å². The molecule has 102 valence electrons. The van der Waals surface area contributed by atoms with Crippen molar-refractivity contribution in [1.82, 2.24) is 5.32 Å². The minimum atomic E-state index is -4.06. The summed E-state index contributed by atoms with van der Waals surface area (Å²) in [6.45, 7) is 0. The van der Waals surface area contributed by atoms with Crippen molar-refractivity contribution in [3.63, 3.8) is 0 Å². The van der Waals surface area contributed by atoms with E-state index in [4.69, 9.17) is 11.6 Å². The molecule has 0 spiro atoms. The lowest BCUT2D eigenvalue weighted by molar-refractivity contribution is -0.135. The van der Waals surface area contributed by atoms with Crippen LogP contribution >= 0.6 is 11.6 Å². The van der Waals surface area contributed by atoms with Crippen LogP contribution in [0.1, 0.15) is 24.8 Å². The van der Waals surface area contributed by atoms with Gasteiger partial charge in [-0.3, -0.25) is 0 Å². The fourth-order valence-corrected chi connectivity index (χ4v) is 2.06. The Morgan fingerprint density at radius 2 is 2.06 bits per heavy atom. The maximum absolute atomic E-state index is 12.1. The zero-order valence-electron chi connectivity index (χ0n) is 10.2. The van der Waals surface area contributed by atoms with Gasteiger partial charge < -0.3 is 5.32 Å². The molecule has 0 bridgehead atoms. The van der Waals surface area contributed by atoms with E-state index >= 15 is 0 Å². The zero-order valence-corrected chi connectivity index (χ0v) is 11.0. The van der Waals surface area contributed by atoms with Crippen molar-refractivity contribution >= 4 is 11.6 Å². The van der Waals surface area contributed by atoms with Crippen LogP contribution in [-0.2, 0) is 6.42 Å². The van der Waals surface area contributed by atoms with Gasteiger partial charge in [-0.1, -0.05) is 23.7 Å². The molecular formula is C13H17ClF3N. The van der Waals surface area contributed by atoms with Crippen molar-refractivity contribution in [2.24, 2.45) is 0 Å².